The normalized spacial score (nSPS) is 11.7. The third-order valence-electron chi connectivity index (χ3n) is 4.45. The SMILES string of the molecule is CCc1ccc([C@H](C)NC(=O)COC(=O)/C=C/c2ccc(OC)cc2OC)cc1. The number of carbonyl (C=O) groups is 2. The highest BCUT2D eigenvalue weighted by Crippen LogP contribution is 2.25. The fourth-order valence-electron chi connectivity index (χ4n) is 2.71. The predicted octanol–water partition coefficient (Wildman–Crippen LogP) is 3.70. The molecule has 0 heterocycles. The molecule has 1 N–H and O–H groups in total. The number of rotatable bonds is 9. The molecule has 0 aromatic heterocycles. The molecule has 6 nitrogen and oxygen atoms in total. The summed E-state index contributed by atoms with van der Waals surface area (Å²) >= 11 is 0. The molecule has 154 valence electrons. The van der Waals surface area contributed by atoms with Crippen LogP contribution in [-0.4, -0.2) is 32.7 Å². The Hall–Kier alpha value is -3.28. The minimum absolute atomic E-state index is 0.175. The van der Waals surface area contributed by atoms with E-state index in [9.17, 15) is 9.59 Å². The number of esters is 1. The molecule has 0 fully saturated rings. The van der Waals surface area contributed by atoms with Crippen LogP contribution in [0.1, 0.15) is 36.6 Å². The second-order valence-electron chi connectivity index (χ2n) is 6.43. The van der Waals surface area contributed by atoms with Gasteiger partial charge in [-0.25, -0.2) is 4.79 Å². The predicted molar refractivity (Wildman–Crippen MR) is 112 cm³/mol. The van der Waals surface area contributed by atoms with Gasteiger partial charge in [0.15, 0.2) is 6.61 Å². The van der Waals surface area contributed by atoms with Gasteiger partial charge in [0.25, 0.3) is 5.91 Å². The fourth-order valence-corrected chi connectivity index (χ4v) is 2.71. The van der Waals surface area contributed by atoms with Gasteiger partial charge in [0.2, 0.25) is 0 Å². The van der Waals surface area contributed by atoms with E-state index in [0.29, 0.717) is 17.1 Å². The average molecular weight is 397 g/mol. The van der Waals surface area contributed by atoms with Gasteiger partial charge in [0.05, 0.1) is 20.3 Å². The number of hydrogen-bond donors (Lipinski definition) is 1. The van der Waals surface area contributed by atoms with E-state index in [1.54, 1.807) is 31.4 Å². The van der Waals surface area contributed by atoms with E-state index >= 15 is 0 Å². The van der Waals surface area contributed by atoms with E-state index < -0.39 is 5.97 Å². The number of benzene rings is 2. The van der Waals surface area contributed by atoms with Crippen molar-refractivity contribution in [1.82, 2.24) is 5.32 Å². The lowest BCUT2D eigenvalue weighted by molar-refractivity contribution is -0.144. The number of methoxy groups -OCH3 is 2. The number of nitrogens with one attached hydrogen (secondary N) is 1. The van der Waals surface area contributed by atoms with E-state index in [-0.39, 0.29) is 18.6 Å². The Kier molecular flexibility index (Phi) is 8.27. The molecule has 0 spiro atoms. The summed E-state index contributed by atoms with van der Waals surface area (Å²) < 4.78 is 15.4. The van der Waals surface area contributed by atoms with Crippen LogP contribution >= 0.6 is 0 Å². The van der Waals surface area contributed by atoms with E-state index in [4.69, 9.17) is 14.2 Å². The monoisotopic (exact) mass is 397 g/mol. The van der Waals surface area contributed by atoms with Gasteiger partial charge < -0.3 is 19.5 Å². The first-order valence-electron chi connectivity index (χ1n) is 9.41. The lowest BCUT2D eigenvalue weighted by Crippen LogP contribution is -2.30. The largest absolute Gasteiger partial charge is 0.497 e. The molecule has 1 amide bonds. The first kappa shape index (κ1) is 22.0. The summed E-state index contributed by atoms with van der Waals surface area (Å²) in [4.78, 5) is 24.0. The Bertz CT molecular complexity index is 858. The molecule has 1 atom stereocenters. The van der Waals surface area contributed by atoms with E-state index in [2.05, 4.69) is 12.2 Å². The van der Waals surface area contributed by atoms with Crippen molar-refractivity contribution in [3.63, 3.8) is 0 Å². The number of hydrogen-bond acceptors (Lipinski definition) is 5. The molecule has 0 bridgehead atoms. The van der Waals surface area contributed by atoms with Crippen molar-refractivity contribution in [3.8, 4) is 11.5 Å². The van der Waals surface area contributed by atoms with Crippen molar-refractivity contribution in [2.24, 2.45) is 0 Å². The van der Waals surface area contributed by atoms with Gasteiger partial charge in [-0.15, -0.1) is 0 Å². The lowest BCUT2D eigenvalue weighted by atomic mass is 10.1. The first-order chi connectivity index (χ1) is 14.0. The van der Waals surface area contributed by atoms with Crippen LogP contribution in [0.2, 0.25) is 0 Å². The molecule has 0 unspecified atom stereocenters. The van der Waals surface area contributed by atoms with E-state index in [0.717, 1.165) is 12.0 Å². The molecule has 0 aliphatic rings. The van der Waals surface area contributed by atoms with Crippen LogP contribution in [-0.2, 0) is 20.7 Å². The lowest BCUT2D eigenvalue weighted by Gasteiger charge is -2.14. The Morgan fingerprint density at radius 3 is 2.41 bits per heavy atom. The minimum Gasteiger partial charge on any atom is -0.497 e. The van der Waals surface area contributed by atoms with Gasteiger partial charge in [-0.3, -0.25) is 4.79 Å². The van der Waals surface area contributed by atoms with Gasteiger partial charge in [0.1, 0.15) is 11.5 Å². The zero-order valence-corrected chi connectivity index (χ0v) is 17.2. The third kappa shape index (κ3) is 6.68. The Morgan fingerprint density at radius 1 is 1.07 bits per heavy atom. The van der Waals surface area contributed by atoms with Crippen molar-refractivity contribution < 1.29 is 23.8 Å². The van der Waals surface area contributed by atoms with Crippen LogP contribution in [0.5, 0.6) is 11.5 Å². The number of amides is 1. The number of carbonyl (C=O) groups excluding carboxylic acids is 2. The zero-order chi connectivity index (χ0) is 21.2. The number of ether oxygens (including phenoxy) is 3. The summed E-state index contributed by atoms with van der Waals surface area (Å²) in [6.07, 6.45) is 3.79. The van der Waals surface area contributed by atoms with E-state index in [1.807, 2.05) is 31.2 Å². The molecule has 29 heavy (non-hydrogen) atoms. The summed E-state index contributed by atoms with van der Waals surface area (Å²) in [5, 5.41) is 2.82. The molecular weight excluding hydrogens is 370 g/mol. The van der Waals surface area contributed by atoms with Crippen LogP contribution < -0.4 is 14.8 Å². The molecule has 2 aromatic rings. The maximum atomic E-state index is 12.1. The Morgan fingerprint density at radius 2 is 1.79 bits per heavy atom. The highest BCUT2D eigenvalue weighted by atomic mass is 16.5. The van der Waals surface area contributed by atoms with Crippen LogP contribution in [0.15, 0.2) is 48.5 Å². The van der Waals surface area contributed by atoms with Gasteiger partial charge in [-0.05, 0) is 42.7 Å². The Balaban J connectivity index is 1.85. The van der Waals surface area contributed by atoms with Gasteiger partial charge in [-0.1, -0.05) is 31.2 Å². The molecular formula is C23H27NO5. The third-order valence-corrected chi connectivity index (χ3v) is 4.45. The molecule has 0 aliphatic heterocycles. The second-order valence-corrected chi connectivity index (χ2v) is 6.43. The zero-order valence-electron chi connectivity index (χ0n) is 17.2. The minimum atomic E-state index is -0.613. The standard InChI is InChI=1S/C23H27NO5/c1-5-17-6-8-18(9-7-17)16(2)24-22(25)15-29-23(26)13-11-19-10-12-20(27-3)14-21(19)28-4/h6-14,16H,5,15H2,1-4H3,(H,24,25)/b13-11+/t16-/m0/s1. The summed E-state index contributed by atoms with van der Waals surface area (Å²) in [6, 6.07) is 13.1. The molecule has 0 aliphatic carbocycles. The Labute approximate surface area is 171 Å². The van der Waals surface area contributed by atoms with Crippen LogP contribution in [0.25, 0.3) is 6.08 Å². The summed E-state index contributed by atoms with van der Waals surface area (Å²) in [6.45, 7) is 3.63. The smallest absolute Gasteiger partial charge is 0.331 e. The summed E-state index contributed by atoms with van der Waals surface area (Å²) in [5.74, 6) is 0.240. The maximum absolute atomic E-state index is 12.1. The maximum Gasteiger partial charge on any atom is 0.331 e. The molecule has 0 saturated heterocycles. The second kappa shape index (κ2) is 10.9. The highest BCUT2D eigenvalue weighted by Gasteiger charge is 2.11. The summed E-state index contributed by atoms with van der Waals surface area (Å²) in [5.41, 5.74) is 2.92. The van der Waals surface area contributed by atoms with Crippen molar-refractivity contribution >= 4 is 18.0 Å². The van der Waals surface area contributed by atoms with Gasteiger partial charge >= 0.3 is 5.97 Å². The van der Waals surface area contributed by atoms with Gasteiger partial charge in [-0.2, -0.15) is 0 Å². The summed E-state index contributed by atoms with van der Waals surface area (Å²) in [7, 11) is 3.10. The molecule has 2 aromatic carbocycles. The van der Waals surface area contributed by atoms with Crippen molar-refractivity contribution in [2.75, 3.05) is 20.8 Å². The highest BCUT2D eigenvalue weighted by molar-refractivity contribution is 5.89. The molecule has 2 rings (SSSR count). The topological polar surface area (TPSA) is 73.9 Å². The van der Waals surface area contributed by atoms with Crippen molar-refractivity contribution in [3.05, 3.63) is 65.2 Å². The molecule has 6 heteroatoms. The quantitative estimate of drug-likeness (QED) is 0.516. The van der Waals surface area contributed by atoms with E-state index in [1.165, 1.54) is 18.7 Å². The van der Waals surface area contributed by atoms with Gasteiger partial charge in [0, 0.05) is 17.7 Å². The molecule has 0 radical (unpaired) electrons. The van der Waals surface area contributed by atoms with Crippen LogP contribution in [0, 0.1) is 0 Å². The fraction of sp³-hybridized carbons (Fsp3) is 0.304. The van der Waals surface area contributed by atoms with Crippen molar-refractivity contribution in [1.29, 1.82) is 0 Å². The first-order valence-corrected chi connectivity index (χ1v) is 9.41. The van der Waals surface area contributed by atoms with Crippen LogP contribution in [0.4, 0.5) is 0 Å². The van der Waals surface area contributed by atoms with Crippen LogP contribution in [0.3, 0.4) is 0 Å². The molecule has 0 saturated carbocycles. The number of aryl methyl sites for hydroxylation is 1. The van der Waals surface area contributed by atoms with Crippen molar-refractivity contribution in [2.45, 2.75) is 26.3 Å². The average Bonchev–Trinajstić information content (AvgIpc) is 2.76.